The predicted octanol–water partition coefficient (Wildman–Crippen LogP) is 4.23. The van der Waals surface area contributed by atoms with Gasteiger partial charge in [-0.15, -0.1) is 0 Å². The fourth-order valence-corrected chi connectivity index (χ4v) is 2.99. The van der Waals surface area contributed by atoms with Crippen LogP contribution >= 0.6 is 0 Å². The van der Waals surface area contributed by atoms with Crippen molar-refractivity contribution in [2.75, 3.05) is 5.32 Å². The maximum absolute atomic E-state index is 12.9. The minimum absolute atomic E-state index is 0.118. The van der Waals surface area contributed by atoms with Crippen molar-refractivity contribution >= 4 is 17.7 Å². The molecule has 0 saturated carbocycles. The molecule has 31 heavy (non-hydrogen) atoms. The molecular weight excluding hydrogens is 390 g/mol. The van der Waals surface area contributed by atoms with Gasteiger partial charge in [0, 0.05) is 12.1 Å². The molecule has 156 valence electrons. The first-order chi connectivity index (χ1) is 15.1. The first-order valence-electron chi connectivity index (χ1n) is 9.92. The highest BCUT2D eigenvalue weighted by Crippen LogP contribution is 2.12. The number of alkyl carbamates (subject to hydrolysis) is 1. The molecular formula is C25H23N3O3. The van der Waals surface area contributed by atoms with Gasteiger partial charge in [0.05, 0.1) is 12.5 Å². The van der Waals surface area contributed by atoms with Crippen molar-refractivity contribution in [3.8, 4) is 6.07 Å². The van der Waals surface area contributed by atoms with Crippen molar-refractivity contribution in [1.82, 2.24) is 5.32 Å². The van der Waals surface area contributed by atoms with Crippen LogP contribution < -0.4 is 10.6 Å². The molecule has 0 aliphatic rings. The van der Waals surface area contributed by atoms with Gasteiger partial charge < -0.3 is 15.4 Å². The Balaban J connectivity index is 1.65. The van der Waals surface area contributed by atoms with Gasteiger partial charge in [-0.3, -0.25) is 4.79 Å². The van der Waals surface area contributed by atoms with E-state index in [0.717, 1.165) is 16.7 Å². The lowest BCUT2D eigenvalue weighted by atomic mass is 10.1. The molecule has 0 fully saturated rings. The standard InChI is InChI=1S/C25H23N3O3/c26-16-15-19-11-13-22(14-12-19)27-24(29)23(17-20-7-3-1-4-8-20)28-25(30)31-18-21-9-5-2-6-10-21/h1-14,23H,15,17-18H2,(H,27,29)(H,28,30). The first kappa shape index (κ1) is 21.6. The van der Waals surface area contributed by atoms with Gasteiger partial charge in [0.2, 0.25) is 5.91 Å². The Labute approximate surface area is 181 Å². The van der Waals surface area contributed by atoms with Crippen LogP contribution in [0.3, 0.4) is 0 Å². The molecule has 0 aliphatic heterocycles. The fourth-order valence-electron chi connectivity index (χ4n) is 2.99. The molecule has 2 amide bonds. The summed E-state index contributed by atoms with van der Waals surface area (Å²) in [4.78, 5) is 25.3. The van der Waals surface area contributed by atoms with Gasteiger partial charge in [-0.05, 0) is 28.8 Å². The molecule has 1 atom stereocenters. The van der Waals surface area contributed by atoms with E-state index in [9.17, 15) is 9.59 Å². The van der Waals surface area contributed by atoms with E-state index in [1.807, 2.05) is 60.7 Å². The van der Waals surface area contributed by atoms with Crippen LogP contribution in [0.5, 0.6) is 0 Å². The van der Waals surface area contributed by atoms with Crippen LogP contribution in [-0.4, -0.2) is 18.0 Å². The average molecular weight is 413 g/mol. The van der Waals surface area contributed by atoms with E-state index in [-0.39, 0.29) is 12.5 Å². The molecule has 6 nitrogen and oxygen atoms in total. The summed E-state index contributed by atoms with van der Waals surface area (Å²) in [6.45, 7) is 0.118. The van der Waals surface area contributed by atoms with Crippen molar-refractivity contribution in [2.45, 2.75) is 25.5 Å². The van der Waals surface area contributed by atoms with Crippen molar-refractivity contribution < 1.29 is 14.3 Å². The van der Waals surface area contributed by atoms with Gasteiger partial charge in [-0.25, -0.2) is 4.79 Å². The van der Waals surface area contributed by atoms with Gasteiger partial charge in [0.15, 0.2) is 0 Å². The number of amides is 2. The minimum atomic E-state index is -0.815. The monoisotopic (exact) mass is 413 g/mol. The van der Waals surface area contributed by atoms with E-state index in [2.05, 4.69) is 16.7 Å². The summed E-state index contributed by atoms with van der Waals surface area (Å²) in [5.41, 5.74) is 3.22. The van der Waals surface area contributed by atoms with Crippen molar-refractivity contribution in [2.24, 2.45) is 0 Å². The number of benzene rings is 3. The van der Waals surface area contributed by atoms with E-state index in [1.165, 1.54) is 0 Å². The van der Waals surface area contributed by atoms with Crippen LogP contribution in [0.25, 0.3) is 0 Å². The van der Waals surface area contributed by atoms with Crippen LogP contribution in [0.2, 0.25) is 0 Å². The molecule has 0 spiro atoms. The van der Waals surface area contributed by atoms with Crippen molar-refractivity contribution in [3.63, 3.8) is 0 Å². The Hall–Kier alpha value is -4.11. The highest BCUT2D eigenvalue weighted by molar-refractivity contribution is 5.96. The van der Waals surface area contributed by atoms with Crippen LogP contribution in [0, 0.1) is 11.3 Å². The third kappa shape index (κ3) is 7.02. The second kappa shape index (κ2) is 11.2. The van der Waals surface area contributed by atoms with Gasteiger partial charge >= 0.3 is 6.09 Å². The molecule has 0 aromatic heterocycles. The van der Waals surface area contributed by atoms with E-state index in [4.69, 9.17) is 10.00 Å². The molecule has 0 saturated heterocycles. The second-order valence-electron chi connectivity index (χ2n) is 6.97. The number of carbonyl (C=O) groups is 2. The summed E-state index contributed by atoms with van der Waals surface area (Å²) in [5, 5.41) is 14.3. The molecule has 0 heterocycles. The summed E-state index contributed by atoms with van der Waals surface area (Å²) in [5.74, 6) is -0.353. The van der Waals surface area contributed by atoms with Gasteiger partial charge in [-0.1, -0.05) is 72.8 Å². The van der Waals surface area contributed by atoms with E-state index < -0.39 is 12.1 Å². The summed E-state index contributed by atoms with van der Waals surface area (Å²) in [6, 6.07) is 27.1. The molecule has 3 aromatic carbocycles. The largest absolute Gasteiger partial charge is 0.445 e. The predicted molar refractivity (Wildman–Crippen MR) is 118 cm³/mol. The second-order valence-corrected chi connectivity index (χ2v) is 6.97. The number of anilines is 1. The Morgan fingerprint density at radius 1 is 0.839 bits per heavy atom. The van der Waals surface area contributed by atoms with Crippen LogP contribution in [0.15, 0.2) is 84.9 Å². The Morgan fingerprint density at radius 3 is 2.06 bits per heavy atom. The molecule has 2 N–H and O–H groups in total. The zero-order valence-electron chi connectivity index (χ0n) is 17.0. The van der Waals surface area contributed by atoms with E-state index >= 15 is 0 Å². The quantitative estimate of drug-likeness (QED) is 0.578. The summed E-state index contributed by atoms with van der Waals surface area (Å²) < 4.78 is 5.28. The summed E-state index contributed by atoms with van der Waals surface area (Å²) >= 11 is 0. The van der Waals surface area contributed by atoms with E-state index in [0.29, 0.717) is 18.5 Å². The smallest absolute Gasteiger partial charge is 0.408 e. The number of ether oxygens (including phenoxy) is 1. The molecule has 0 aliphatic carbocycles. The number of nitrogens with zero attached hydrogens (tertiary/aromatic N) is 1. The van der Waals surface area contributed by atoms with Gasteiger partial charge in [-0.2, -0.15) is 5.26 Å². The normalized spacial score (nSPS) is 11.1. The zero-order valence-corrected chi connectivity index (χ0v) is 17.0. The Kier molecular flexibility index (Phi) is 7.78. The lowest BCUT2D eigenvalue weighted by Gasteiger charge is -2.19. The number of hydrogen-bond acceptors (Lipinski definition) is 4. The Bertz CT molecular complexity index is 1030. The van der Waals surface area contributed by atoms with Crippen molar-refractivity contribution in [1.29, 1.82) is 5.26 Å². The third-order valence-electron chi connectivity index (χ3n) is 4.61. The molecule has 6 heteroatoms. The molecule has 3 rings (SSSR count). The lowest BCUT2D eigenvalue weighted by Crippen LogP contribution is -2.45. The van der Waals surface area contributed by atoms with Crippen LogP contribution in [-0.2, 0) is 29.0 Å². The average Bonchev–Trinajstić information content (AvgIpc) is 2.80. The summed E-state index contributed by atoms with van der Waals surface area (Å²) in [6.07, 6.45) is -0.0384. The number of nitriles is 1. The number of nitrogens with one attached hydrogen (secondary N) is 2. The molecule has 1 unspecified atom stereocenters. The first-order valence-corrected chi connectivity index (χ1v) is 9.92. The number of rotatable bonds is 8. The molecule has 0 radical (unpaired) electrons. The Morgan fingerprint density at radius 2 is 1.45 bits per heavy atom. The number of carbonyl (C=O) groups excluding carboxylic acids is 2. The maximum atomic E-state index is 12.9. The summed E-state index contributed by atoms with van der Waals surface area (Å²) in [7, 11) is 0. The minimum Gasteiger partial charge on any atom is -0.445 e. The zero-order chi connectivity index (χ0) is 21.9. The third-order valence-corrected chi connectivity index (χ3v) is 4.61. The van der Waals surface area contributed by atoms with Gasteiger partial charge in [0.1, 0.15) is 12.6 Å². The van der Waals surface area contributed by atoms with Crippen LogP contribution in [0.4, 0.5) is 10.5 Å². The van der Waals surface area contributed by atoms with Gasteiger partial charge in [0.25, 0.3) is 0 Å². The SMILES string of the molecule is N#CCc1ccc(NC(=O)C(Cc2ccccc2)NC(=O)OCc2ccccc2)cc1. The highest BCUT2D eigenvalue weighted by atomic mass is 16.5. The topological polar surface area (TPSA) is 91.2 Å². The highest BCUT2D eigenvalue weighted by Gasteiger charge is 2.22. The molecule has 3 aromatic rings. The maximum Gasteiger partial charge on any atom is 0.408 e. The lowest BCUT2D eigenvalue weighted by molar-refractivity contribution is -0.118. The van der Waals surface area contributed by atoms with Crippen LogP contribution in [0.1, 0.15) is 16.7 Å². The fraction of sp³-hybridized carbons (Fsp3) is 0.160. The number of hydrogen-bond donors (Lipinski definition) is 2. The van der Waals surface area contributed by atoms with Crippen molar-refractivity contribution in [3.05, 3.63) is 102 Å². The van der Waals surface area contributed by atoms with E-state index in [1.54, 1.807) is 24.3 Å². The molecule has 0 bridgehead atoms.